The van der Waals surface area contributed by atoms with Gasteiger partial charge in [-0.3, -0.25) is 9.79 Å². The monoisotopic (exact) mass is 781 g/mol. The van der Waals surface area contributed by atoms with E-state index >= 15 is 13.2 Å². The van der Waals surface area contributed by atoms with E-state index in [-0.39, 0.29) is 48.2 Å². The van der Waals surface area contributed by atoms with Crippen LogP contribution < -0.4 is 0 Å². The molecule has 0 aromatic heterocycles. The average molecular weight is 784 g/mol. The quantitative estimate of drug-likeness (QED) is 0.0878. The molecule has 1 fully saturated rings. The average Bonchev–Trinajstić information content (AvgIpc) is 3.43. The summed E-state index contributed by atoms with van der Waals surface area (Å²) in [5, 5.41) is -0.449. The number of nitrogens with zero attached hydrogens (tertiary/aromatic N) is 1. The van der Waals surface area contributed by atoms with Crippen LogP contribution in [0.5, 0.6) is 0 Å². The van der Waals surface area contributed by atoms with E-state index in [0.717, 1.165) is 50.3 Å². The summed E-state index contributed by atoms with van der Waals surface area (Å²) in [5.41, 5.74) is -3.14. The van der Waals surface area contributed by atoms with E-state index in [1.54, 1.807) is 0 Å². The van der Waals surface area contributed by atoms with Crippen molar-refractivity contribution in [1.82, 2.24) is 0 Å². The highest BCUT2D eigenvalue weighted by molar-refractivity contribution is 9.10. The molecule has 0 radical (unpaired) electrons. The minimum atomic E-state index is -4.98. The van der Waals surface area contributed by atoms with Gasteiger partial charge >= 0.3 is 12.1 Å². The van der Waals surface area contributed by atoms with Gasteiger partial charge in [0.25, 0.3) is 0 Å². The van der Waals surface area contributed by atoms with Crippen LogP contribution in [0.1, 0.15) is 103 Å². The van der Waals surface area contributed by atoms with Crippen LogP contribution in [0.3, 0.4) is 0 Å². The van der Waals surface area contributed by atoms with Crippen LogP contribution in [0.25, 0.3) is 0 Å². The second-order valence-corrected chi connectivity index (χ2v) is 15.5. The van der Waals surface area contributed by atoms with Gasteiger partial charge in [0.15, 0.2) is 0 Å². The maximum absolute atomic E-state index is 15.6. The number of carbonyl (C=O) groups is 1. The molecule has 4 rings (SSSR count). The highest BCUT2D eigenvalue weighted by Crippen LogP contribution is 2.54. The molecule has 47 heavy (non-hydrogen) atoms. The van der Waals surface area contributed by atoms with Gasteiger partial charge in [0, 0.05) is 0 Å². The predicted octanol–water partition coefficient (Wildman–Crippen LogP) is 12.6. The Hall–Kier alpha value is -1.35. The maximum atomic E-state index is 15.6. The number of carbonyl (C=O) groups excluding carboxylic acids is 1. The number of benzene rings is 2. The lowest BCUT2D eigenvalue weighted by Crippen LogP contribution is -2.54. The van der Waals surface area contributed by atoms with Crippen LogP contribution in [0.2, 0.25) is 15.1 Å². The summed E-state index contributed by atoms with van der Waals surface area (Å²) >= 11 is 21.8. The first-order valence-corrected chi connectivity index (χ1v) is 18.6. The van der Waals surface area contributed by atoms with Gasteiger partial charge in [-0.1, -0.05) is 113 Å². The second kappa shape index (κ2) is 16.6. The molecule has 1 saturated carbocycles. The van der Waals surface area contributed by atoms with Crippen LogP contribution in [-0.4, -0.2) is 30.5 Å². The van der Waals surface area contributed by atoms with Crippen molar-refractivity contribution in [2.75, 3.05) is 6.54 Å². The van der Waals surface area contributed by atoms with E-state index in [9.17, 15) is 9.18 Å². The molecule has 2 aliphatic rings. The fraction of sp³-hybridized carbons (Fsp3) is 0.611. The minimum Gasteiger partial charge on any atom is -0.462 e. The Morgan fingerprint density at radius 2 is 1.66 bits per heavy atom. The van der Waals surface area contributed by atoms with Gasteiger partial charge in [-0.25, -0.2) is 4.39 Å². The summed E-state index contributed by atoms with van der Waals surface area (Å²) in [6.45, 7) is 5.50. The van der Waals surface area contributed by atoms with Crippen molar-refractivity contribution in [1.29, 1.82) is 0 Å². The number of esters is 1. The first kappa shape index (κ1) is 38.5. The number of unbranched alkanes of at least 4 members (excludes halogenated alkanes) is 6. The summed E-state index contributed by atoms with van der Waals surface area (Å²) in [7, 11) is 0. The molecule has 1 heterocycles. The molecule has 3 nitrogen and oxygen atoms in total. The number of hydrogen-bond acceptors (Lipinski definition) is 3. The van der Waals surface area contributed by atoms with E-state index in [1.165, 1.54) is 44.2 Å². The summed E-state index contributed by atoms with van der Waals surface area (Å²) in [6.07, 6.45) is 6.28. The molecular formula is C36H43BrCl3F4NO2. The van der Waals surface area contributed by atoms with E-state index in [2.05, 4.69) is 41.7 Å². The van der Waals surface area contributed by atoms with Gasteiger partial charge in [0.1, 0.15) is 23.3 Å². The lowest BCUT2D eigenvalue weighted by atomic mass is 9.68. The summed E-state index contributed by atoms with van der Waals surface area (Å²) in [6, 6.07) is 5.97. The number of aliphatic imine (C=N–C) groups is 1. The van der Waals surface area contributed by atoms with Crippen LogP contribution in [-0.2, 0) is 14.9 Å². The number of rotatable bonds is 13. The van der Waals surface area contributed by atoms with Crippen LogP contribution >= 0.6 is 50.7 Å². The number of alkyl halides is 3. The zero-order valence-corrected chi connectivity index (χ0v) is 30.9. The third kappa shape index (κ3) is 8.69. The van der Waals surface area contributed by atoms with Gasteiger partial charge in [0.05, 0.1) is 31.8 Å². The molecule has 0 spiro atoms. The SMILES string of the molecule is CCCCCCCCC[C@@H]1CC[C@@H](C(C)C)[C@H](OC(=O)C2C(c3ccc(F)c(Br)c3)=NCC2(c2cc(Cl)c(Cl)c(Cl)c2)C(F)(F)F)C1. The van der Waals surface area contributed by atoms with Crippen molar-refractivity contribution >= 4 is 62.4 Å². The summed E-state index contributed by atoms with van der Waals surface area (Å²) in [4.78, 5) is 18.7. The highest BCUT2D eigenvalue weighted by Gasteiger charge is 2.67. The van der Waals surface area contributed by atoms with Crippen LogP contribution in [0.4, 0.5) is 17.6 Å². The minimum absolute atomic E-state index is 0.00529. The van der Waals surface area contributed by atoms with Gasteiger partial charge in [-0.15, -0.1) is 0 Å². The third-order valence-corrected chi connectivity index (χ3v) is 11.8. The molecule has 0 N–H and O–H groups in total. The Balaban J connectivity index is 1.68. The molecule has 2 aromatic rings. The first-order valence-electron chi connectivity index (χ1n) is 16.6. The Morgan fingerprint density at radius 1 is 1.02 bits per heavy atom. The van der Waals surface area contributed by atoms with Gasteiger partial charge in [-0.05, 0) is 88.3 Å². The van der Waals surface area contributed by atoms with E-state index < -0.39 is 41.9 Å². The van der Waals surface area contributed by atoms with Crippen molar-refractivity contribution < 1.29 is 27.1 Å². The van der Waals surface area contributed by atoms with Crippen LogP contribution in [0, 0.1) is 29.5 Å². The molecule has 2 aromatic carbocycles. The topological polar surface area (TPSA) is 38.7 Å². The van der Waals surface area contributed by atoms with Crippen molar-refractivity contribution in [3.8, 4) is 0 Å². The van der Waals surface area contributed by atoms with Crippen molar-refractivity contribution in [2.45, 2.75) is 109 Å². The van der Waals surface area contributed by atoms with Crippen molar-refractivity contribution in [3.63, 3.8) is 0 Å². The number of ether oxygens (including phenoxy) is 1. The fourth-order valence-corrected chi connectivity index (χ4v) is 8.32. The molecule has 5 atom stereocenters. The predicted molar refractivity (Wildman–Crippen MR) is 186 cm³/mol. The van der Waals surface area contributed by atoms with E-state index in [4.69, 9.17) is 39.5 Å². The molecule has 1 aliphatic carbocycles. The Labute approximate surface area is 299 Å². The summed E-state index contributed by atoms with van der Waals surface area (Å²) < 4.78 is 67.1. The fourth-order valence-electron chi connectivity index (χ4n) is 7.34. The first-order chi connectivity index (χ1) is 22.2. The van der Waals surface area contributed by atoms with Gasteiger partial charge < -0.3 is 4.74 Å². The van der Waals surface area contributed by atoms with Crippen molar-refractivity contribution in [3.05, 3.63) is 66.8 Å². The third-order valence-electron chi connectivity index (χ3n) is 10.0. The zero-order valence-electron chi connectivity index (χ0n) is 27.0. The van der Waals surface area contributed by atoms with Gasteiger partial charge in [0.2, 0.25) is 0 Å². The smallest absolute Gasteiger partial charge is 0.401 e. The number of halogens is 8. The molecule has 11 heteroatoms. The lowest BCUT2D eigenvalue weighted by molar-refractivity contribution is -0.204. The standard InChI is InChI=1S/C36H43BrCl3F4NO2/c1-4-5-6-7-8-9-10-11-22-12-14-25(21(2)3)30(16-22)47-34(46)31-33(23-13-15-29(41)26(37)17-23)45-20-35(31,36(42,43)44)24-18-27(38)32(40)28(39)19-24/h13,15,17-19,21-22,25,30-31H,4-12,14,16,20H2,1-3H3/t22-,25+,30-,31?,35?/m1/s1. The van der Waals surface area contributed by atoms with Gasteiger partial charge in [-0.2, -0.15) is 13.2 Å². The molecule has 0 amide bonds. The molecule has 0 bridgehead atoms. The normalized spacial score (nSPS) is 24.9. The molecule has 1 aliphatic heterocycles. The molecule has 2 unspecified atom stereocenters. The number of hydrogen-bond donors (Lipinski definition) is 0. The highest BCUT2D eigenvalue weighted by atomic mass is 79.9. The molecule has 0 saturated heterocycles. The van der Waals surface area contributed by atoms with Crippen molar-refractivity contribution in [2.24, 2.45) is 28.7 Å². The Kier molecular flexibility index (Phi) is 13.6. The van der Waals surface area contributed by atoms with Crippen LogP contribution in [0.15, 0.2) is 39.8 Å². The molecular weight excluding hydrogens is 741 g/mol. The second-order valence-electron chi connectivity index (χ2n) is 13.5. The summed E-state index contributed by atoms with van der Waals surface area (Å²) in [5.74, 6) is -3.02. The van der Waals surface area contributed by atoms with E-state index in [0.29, 0.717) is 12.3 Å². The lowest BCUT2D eigenvalue weighted by Gasteiger charge is -2.41. The molecule has 260 valence electrons. The Bertz CT molecular complexity index is 1410. The Morgan fingerprint density at radius 3 is 2.26 bits per heavy atom. The van der Waals surface area contributed by atoms with E-state index in [1.807, 2.05) is 0 Å². The zero-order chi connectivity index (χ0) is 34.5. The maximum Gasteiger partial charge on any atom is 0.401 e. The largest absolute Gasteiger partial charge is 0.462 e.